The molecule has 0 aliphatic carbocycles. The summed E-state index contributed by atoms with van der Waals surface area (Å²) in [7, 11) is 0. The number of benzene rings is 1. The van der Waals surface area contributed by atoms with Crippen molar-refractivity contribution < 1.29 is 14.4 Å². The van der Waals surface area contributed by atoms with Gasteiger partial charge in [0.15, 0.2) is 5.75 Å². The van der Waals surface area contributed by atoms with Crippen molar-refractivity contribution in [3.8, 4) is 5.75 Å². The van der Waals surface area contributed by atoms with E-state index in [-0.39, 0.29) is 29.7 Å². The number of nitro benzene ring substituents is 1. The molecule has 1 saturated heterocycles. The first-order valence-corrected chi connectivity index (χ1v) is 7.12. The second kappa shape index (κ2) is 6.07. The van der Waals surface area contributed by atoms with Gasteiger partial charge in [-0.3, -0.25) is 10.1 Å². The summed E-state index contributed by atoms with van der Waals surface area (Å²) in [5.74, 6) is 0.247. The van der Waals surface area contributed by atoms with Crippen molar-refractivity contribution in [2.75, 3.05) is 19.7 Å². The molecule has 1 atom stereocenters. The second-order valence-corrected chi connectivity index (χ2v) is 6.23. The fraction of sp³-hybridized carbons (Fsp3) is 0.538. The van der Waals surface area contributed by atoms with Crippen molar-refractivity contribution in [1.29, 1.82) is 0 Å². The van der Waals surface area contributed by atoms with Crippen molar-refractivity contribution in [1.82, 2.24) is 5.32 Å². The Balaban J connectivity index is 2.03. The molecule has 20 heavy (non-hydrogen) atoms. The Kier molecular flexibility index (Phi) is 4.62. The largest absolute Gasteiger partial charge is 0.484 e. The highest BCUT2D eigenvalue weighted by Crippen LogP contribution is 2.30. The predicted molar refractivity (Wildman–Crippen MR) is 78.1 cm³/mol. The van der Waals surface area contributed by atoms with Crippen LogP contribution in [0.5, 0.6) is 5.75 Å². The third-order valence-electron chi connectivity index (χ3n) is 2.95. The van der Waals surface area contributed by atoms with Crippen LogP contribution in [-0.2, 0) is 4.74 Å². The van der Waals surface area contributed by atoms with Gasteiger partial charge in [-0.15, -0.1) is 0 Å². The predicted octanol–water partition coefficient (Wildman–Crippen LogP) is 2.50. The van der Waals surface area contributed by atoms with Gasteiger partial charge in [-0.05, 0) is 19.9 Å². The first-order chi connectivity index (χ1) is 9.37. The average molecular weight is 345 g/mol. The van der Waals surface area contributed by atoms with Gasteiger partial charge in [0.2, 0.25) is 0 Å². The monoisotopic (exact) mass is 344 g/mol. The van der Waals surface area contributed by atoms with E-state index in [9.17, 15) is 10.1 Å². The van der Waals surface area contributed by atoms with E-state index in [4.69, 9.17) is 9.47 Å². The van der Waals surface area contributed by atoms with Crippen LogP contribution in [-0.4, -0.2) is 36.3 Å². The van der Waals surface area contributed by atoms with Crippen LogP contribution in [0.3, 0.4) is 0 Å². The van der Waals surface area contributed by atoms with E-state index in [0.717, 1.165) is 11.0 Å². The zero-order valence-corrected chi connectivity index (χ0v) is 13.0. The van der Waals surface area contributed by atoms with Crippen molar-refractivity contribution in [3.05, 3.63) is 32.8 Å². The van der Waals surface area contributed by atoms with Crippen LogP contribution in [0.1, 0.15) is 13.8 Å². The summed E-state index contributed by atoms with van der Waals surface area (Å²) in [6.45, 7) is 5.71. The van der Waals surface area contributed by atoms with Crippen LogP contribution in [0.4, 0.5) is 5.69 Å². The number of hydrogen-bond acceptors (Lipinski definition) is 5. The highest BCUT2D eigenvalue weighted by atomic mass is 79.9. The SMILES string of the molecule is CC1(C)CNCC(COc2cc(Br)ccc2[N+](=O)[O-])O1. The second-order valence-electron chi connectivity index (χ2n) is 5.31. The number of halogens is 1. The van der Waals surface area contributed by atoms with E-state index in [1.165, 1.54) is 6.07 Å². The van der Waals surface area contributed by atoms with E-state index in [0.29, 0.717) is 6.54 Å². The average Bonchev–Trinajstić information content (AvgIpc) is 2.35. The van der Waals surface area contributed by atoms with Crippen molar-refractivity contribution in [2.45, 2.75) is 25.6 Å². The van der Waals surface area contributed by atoms with Gasteiger partial charge in [-0.1, -0.05) is 15.9 Å². The van der Waals surface area contributed by atoms with Gasteiger partial charge in [0.05, 0.1) is 10.5 Å². The van der Waals surface area contributed by atoms with Crippen LogP contribution in [0.15, 0.2) is 22.7 Å². The molecule has 6 nitrogen and oxygen atoms in total. The molecule has 0 bridgehead atoms. The molecule has 0 aromatic heterocycles. The summed E-state index contributed by atoms with van der Waals surface area (Å²) < 4.78 is 12.2. The van der Waals surface area contributed by atoms with Crippen LogP contribution in [0.25, 0.3) is 0 Å². The lowest BCUT2D eigenvalue weighted by atomic mass is 10.1. The van der Waals surface area contributed by atoms with Crippen LogP contribution in [0, 0.1) is 10.1 Å². The molecular formula is C13H17BrN2O4. The van der Waals surface area contributed by atoms with E-state index >= 15 is 0 Å². The maximum atomic E-state index is 11.0. The Hall–Kier alpha value is -1.18. The molecule has 1 aromatic rings. The van der Waals surface area contributed by atoms with E-state index < -0.39 is 4.92 Å². The van der Waals surface area contributed by atoms with E-state index in [1.807, 2.05) is 13.8 Å². The third-order valence-corrected chi connectivity index (χ3v) is 3.44. The minimum atomic E-state index is -0.453. The van der Waals surface area contributed by atoms with Crippen LogP contribution in [0.2, 0.25) is 0 Å². The summed E-state index contributed by atoms with van der Waals surface area (Å²) in [6, 6.07) is 4.63. The number of nitro groups is 1. The smallest absolute Gasteiger partial charge is 0.310 e. The van der Waals surface area contributed by atoms with Crippen molar-refractivity contribution in [2.24, 2.45) is 0 Å². The Bertz CT molecular complexity index is 507. The highest BCUT2D eigenvalue weighted by Gasteiger charge is 2.29. The zero-order chi connectivity index (χ0) is 14.8. The summed E-state index contributed by atoms with van der Waals surface area (Å²) in [6.07, 6.45) is -0.127. The lowest BCUT2D eigenvalue weighted by molar-refractivity contribution is -0.386. The summed E-state index contributed by atoms with van der Waals surface area (Å²) in [5.41, 5.74) is -0.300. The van der Waals surface area contributed by atoms with Crippen molar-refractivity contribution >= 4 is 21.6 Å². The molecule has 1 fully saturated rings. The molecule has 0 saturated carbocycles. The lowest BCUT2D eigenvalue weighted by Gasteiger charge is -2.36. The Labute approximate surface area is 125 Å². The molecule has 1 aromatic carbocycles. The maximum Gasteiger partial charge on any atom is 0.310 e. The van der Waals surface area contributed by atoms with Crippen molar-refractivity contribution in [3.63, 3.8) is 0 Å². The molecule has 1 N–H and O–H groups in total. The minimum absolute atomic E-state index is 0.0452. The molecule has 2 rings (SSSR count). The fourth-order valence-corrected chi connectivity index (χ4v) is 2.44. The molecule has 110 valence electrons. The number of nitrogens with one attached hydrogen (secondary N) is 1. The van der Waals surface area contributed by atoms with Crippen LogP contribution >= 0.6 is 15.9 Å². The topological polar surface area (TPSA) is 73.6 Å². The molecule has 7 heteroatoms. The van der Waals surface area contributed by atoms with Gasteiger partial charge >= 0.3 is 5.69 Å². The number of nitrogens with zero attached hydrogens (tertiary/aromatic N) is 1. The normalized spacial score (nSPS) is 21.4. The maximum absolute atomic E-state index is 11.0. The molecule has 1 heterocycles. The van der Waals surface area contributed by atoms with Gasteiger partial charge in [-0.25, -0.2) is 0 Å². The molecule has 1 aliphatic heterocycles. The summed E-state index contributed by atoms with van der Waals surface area (Å²) in [4.78, 5) is 10.5. The molecule has 0 amide bonds. The third kappa shape index (κ3) is 3.91. The number of rotatable bonds is 4. The number of morpholine rings is 1. The summed E-state index contributed by atoms with van der Waals surface area (Å²) in [5, 5.41) is 14.2. The number of ether oxygens (including phenoxy) is 2. The van der Waals surface area contributed by atoms with Crippen LogP contribution < -0.4 is 10.1 Å². The van der Waals surface area contributed by atoms with E-state index in [1.54, 1.807) is 12.1 Å². The Morgan fingerprint density at radius 2 is 2.35 bits per heavy atom. The first kappa shape index (κ1) is 15.2. The molecule has 0 radical (unpaired) electrons. The van der Waals surface area contributed by atoms with Gasteiger partial charge in [-0.2, -0.15) is 0 Å². The van der Waals surface area contributed by atoms with Gasteiger partial charge in [0.1, 0.15) is 12.7 Å². The quantitative estimate of drug-likeness (QED) is 0.670. The Morgan fingerprint density at radius 1 is 1.60 bits per heavy atom. The highest BCUT2D eigenvalue weighted by molar-refractivity contribution is 9.10. The molecule has 1 unspecified atom stereocenters. The lowest BCUT2D eigenvalue weighted by Crippen LogP contribution is -2.52. The summed E-state index contributed by atoms with van der Waals surface area (Å²) >= 11 is 3.28. The molecule has 1 aliphatic rings. The molecule has 0 spiro atoms. The minimum Gasteiger partial charge on any atom is -0.484 e. The fourth-order valence-electron chi connectivity index (χ4n) is 2.10. The molecular weight excluding hydrogens is 328 g/mol. The first-order valence-electron chi connectivity index (χ1n) is 6.33. The number of hydrogen-bond donors (Lipinski definition) is 1. The zero-order valence-electron chi connectivity index (χ0n) is 11.4. The Morgan fingerprint density at radius 3 is 3.00 bits per heavy atom. The van der Waals surface area contributed by atoms with Gasteiger partial charge < -0.3 is 14.8 Å². The van der Waals surface area contributed by atoms with Gasteiger partial charge in [0, 0.05) is 29.7 Å². The van der Waals surface area contributed by atoms with Gasteiger partial charge in [0.25, 0.3) is 0 Å². The van der Waals surface area contributed by atoms with E-state index in [2.05, 4.69) is 21.2 Å². The standard InChI is InChI=1S/C13H17BrN2O4/c1-13(2)8-15-6-10(20-13)7-19-12-5-9(14)3-4-11(12)16(17)18/h3-5,10,15H,6-8H2,1-2H3.